The number of nitrogens with zero attached hydrogens (tertiary/aromatic N) is 4. The molecule has 0 atom stereocenters. The van der Waals surface area contributed by atoms with E-state index in [2.05, 4.69) is 50.2 Å². The quantitative estimate of drug-likeness (QED) is 0.909. The Bertz CT molecular complexity index is 606. The maximum atomic E-state index is 4.65. The molecular formula is C14H20BrN5. The summed E-state index contributed by atoms with van der Waals surface area (Å²) in [5.41, 5.74) is 3.06. The molecule has 20 heavy (non-hydrogen) atoms. The summed E-state index contributed by atoms with van der Waals surface area (Å²) in [4.78, 5) is 9.29. The van der Waals surface area contributed by atoms with E-state index >= 15 is 0 Å². The number of halogens is 1. The lowest BCUT2D eigenvalue weighted by Crippen LogP contribution is -2.07. The molecule has 0 aromatic carbocycles. The number of hydrogen-bond acceptors (Lipinski definition) is 4. The maximum absolute atomic E-state index is 4.65. The number of aryl methyl sites for hydroxylation is 2. The number of nitrogens with one attached hydrogen (secondary N) is 1. The molecule has 0 saturated heterocycles. The molecule has 5 nitrogen and oxygen atoms in total. The van der Waals surface area contributed by atoms with Crippen molar-refractivity contribution in [1.82, 2.24) is 19.7 Å². The third-order valence-electron chi connectivity index (χ3n) is 3.27. The van der Waals surface area contributed by atoms with Gasteiger partial charge in [-0.2, -0.15) is 5.10 Å². The normalized spacial score (nSPS) is 10.8. The number of rotatable bonds is 5. The average Bonchev–Trinajstić information content (AvgIpc) is 2.78. The molecule has 0 radical (unpaired) electrons. The minimum absolute atomic E-state index is 0.731. The van der Waals surface area contributed by atoms with Gasteiger partial charge < -0.3 is 5.32 Å². The first kappa shape index (κ1) is 15.0. The van der Waals surface area contributed by atoms with Crippen LogP contribution in [0.5, 0.6) is 0 Å². The van der Waals surface area contributed by atoms with Crippen molar-refractivity contribution in [3.05, 3.63) is 22.1 Å². The molecule has 2 heterocycles. The Morgan fingerprint density at radius 1 is 1.30 bits per heavy atom. The third kappa shape index (κ3) is 2.85. The zero-order chi connectivity index (χ0) is 14.7. The predicted molar refractivity (Wildman–Crippen MR) is 84.8 cm³/mol. The van der Waals surface area contributed by atoms with Crippen LogP contribution in [0.1, 0.15) is 31.7 Å². The van der Waals surface area contributed by atoms with E-state index in [4.69, 9.17) is 0 Å². The molecule has 0 unspecified atom stereocenters. The molecule has 0 aliphatic carbocycles. The van der Waals surface area contributed by atoms with Crippen LogP contribution in [0.4, 0.5) is 5.82 Å². The number of hydrogen-bond donors (Lipinski definition) is 1. The second kappa shape index (κ2) is 6.35. The number of anilines is 1. The molecule has 0 amide bonds. The van der Waals surface area contributed by atoms with Gasteiger partial charge in [0.05, 0.1) is 21.9 Å². The fourth-order valence-corrected chi connectivity index (χ4v) is 2.52. The van der Waals surface area contributed by atoms with Gasteiger partial charge in [-0.3, -0.25) is 4.68 Å². The third-order valence-corrected chi connectivity index (χ3v) is 4.11. The first-order chi connectivity index (χ1) is 9.58. The molecule has 0 aliphatic rings. The SMILES string of the molecule is CCCNc1nc(-c2cnn(C)c2C)nc(CC)c1Br. The summed E-state index contributed by atoms with van der Waals surface area (Å²) in [5, 5.41) is 7.62. The first-order valence-corrected chi connectivity index (χ1v) is 7.67. The van der Waals surface area contributed by atoms with Crippen LogP contribution in [0.25, 0.3) is 11.4 Å². The van der Waals surface area contributed by atoms with Crippen LogP contribution in [0.2, 0.25) is 0 Å². The summed E-state index contributed by atoms with van der Waals surface area (Å²) < 4.78 is 2.80. The fourth-order valence-electron chi connectivity index (χ4n) is 1.93. The van der Waals surface area contributed by atoms with Crippen LogP contribution in [0, 0.1) is 6.92 Å². The fraction of sp³-hybridized carbons (Fsp3) is 0.500. The average molecular weight is 338 g/mol. The topological polar surface area (TPSA) is 55.6 Å². The molecule has 0 bridgehead atoms. The number of aromatic nitrogens is 4. The van der Waals surface area contributed by atoms with Crippen molar-refractivity contribution in [3.8, 4) is 11.4 Å². The molecule has 108 valence electrons. The molecule has 2 aromatic heterocycles. The van der Waals surface area contributed by atoms with E-state index < -0.39 is 0 Å². The Morgan fingerprint density at radius 3 is 2.60 bits per heavy atom. The molecule has 0 fully saturated rings. The first-order valence-electron chi connectivity index (χ1n) is 6.87. The molecule has 0 spiro atoms. The largest absolute Gasteiger partial charge is 0.369 e. The van der Waals surface area contributed by atoms with E-state index in [1.165, 1.54) is 0 Å². The monoisotopic (exact) mass is 337 g/mol. The standard InChI is InChI=1S/C14H20BrN5/c1-5-7-16-14-12(15)11(6-2)18-13(19-14)10-8-17-20(4)9(10)3/h8H,5-7H2,1-4H3,(H,16,18,19). The Morgan fingerprint density at radius 2 is 2.05 bits per heavy atom. The van der Waals surface area contributed by atoms with E-state index in [1.54, 1.807) is 0 Å². The Hall–Kier alpha value is -1.43. The van der Waals surface area contributed by atoms with E-state index in [1.807, 2.05) is 24.9 Å². The van der Waals surface area contributed by atoms with Gasteiger partial charge in [0.15, 0.2) is 5.82 Å². The molecule has 2 aromatic rings. The van der Waals surface area contributed by atoms with Gasteiger partial charge in [-0.25, -0.2) is 9.97 Å². The summed E-state index contributed by atoms with van der Waals surface area (Å²) in [6.07, 6.45) is 3.73. The van der Waals surface area contributed by atoms with Crippen LogP contribution in [-0.2, 0) is 13.5 Å². The van der Waals surface area contributed by atoms with E-state index in [0.717, 1.165) is 52.5 Å². The molecular weight excluding hydrogens is 318 g/mol. The zero-order valence-corrected chi connectivity index (χ0v) is 14.0. The highest BCUT2D eigenvalue weighted by Gasteiger charge is 2.15. The second-order valence-electron chi connectivity index (χ2n) is 4.70. The van der Waals surface area contributed by atoms with Crippen molar-refractivity contribution in [1.29, 1.82) is 0 Å². The summed E-state index contributed by atoms with van der Waals surface area (Å²) in [6, 6.07) is 0. The summed E-state index contributed by atoms with van der Waals surface area (Å²) in [5.74, 6) is 1.59. The predicted octanol–water partition coefficient (Wildman–Crippen LogP) is 3.33. The Balaban J connectivity index is 2.50. The maximum Gasteiger partial charge on any atom is 0.165 e. The van der Waals surface area contributed by atoms with E-state index in [0.29, 0.717) is 0 Å². The van der Waals surface area contributed by atoms with Crippen molar-refractivity contribution in [2.75, 3.05) is 11.9 Å². The van der Waals surface area contributed by atoms with Gasteiger partial charge in [0.25, 0.3) is 0 Å². The summed E-state index contributed by atoms with van der Waals surface area (Å²) in [6.45, 7) is 7.15. The lowest BCUT2D eigenvalue weighted by Gasteiger charge is -2.11. The second-order valence-corrected chi connectivity index (χ2v) is 5.50. The molecule has 0 saturated carbocycles. The van der Waals surface area contributed by atoms with Gasteiger partial charge in [0.1, 0.15) is 5.82 Å². The summed E-state index contributed by atoms with van der Waals surface area (Å²) in [7, 11) is 1.93. The van der Waals surface area contributed by atoms with Crippen molar-refractivity contribution in [2.24, 2.45) is 7.05 Å². The van der Waals surface area contributed by atoms with Gasteiger partial charge in [-0.15, -0.1) is 0 Å². The van der Waals surface area contributed by atoms with Crippen LogP contribution < -0.4 is 5.32 Å². The van der Waals surface area contributed by atoms with Crippen LogP contribution in [0.15, 0.2) is 10.7 Å². The van der Waals surface area contributed by atoms with Gasteiger partial charge in [-0.1, -0.05) is 13.8 Å². The summed E-state index contributed by atoms with van der Waals surface area (Å²) >= 11 is 3.59. The lowest BCUT2D eigenvalue weighted by atomic mass is 10.2. The van der Waals surface area contributed by atoms with E-state index in [9.17, 15) is 0 Å². The van der Waals surface area contributed by atoms with Gasteiger partial charge in [0, 0.05) is 19.3 Å². The molecule has 6 heteroatoms. The van der Waals surface area contributed by atoms with Crippen LogP contribution in [-0.4, -0.2) is 26.3 Å². The smallest absolute Gasteiger partial charge is 0.165 e. The van der Waals surface area contributed by atoms with Crippen LogP contribution >= 0.6 is 15.9 Å². The molecule has 0 aliphatic heterocycles. The van der Waals surface area contributed by atoms with Gasteiger partial charge >= 0.3 is 0 Å². The van der Waals surface area contributed by atoms with Crippen LogP contribution in [0.3, 0.4) is 0 Å². The lowest BCUT2D eigenvalue weighted by molar-refractivity contribution is 0.740. The molecule has 1 N–H and O–H groups in total. The highest BCUT2D eigenvalue weighted by atomic mass is 79.9. The highest BCUT2D eigenvalue weighted by Crippen LogP contribution is 2.28. The Labute approximate surface area is 128 Å². The van der Waals surface area contributed by atoms with Gasteiger partial charge in [0.2, 0.25) is 0 Å². The minimum atomic E-state index is 0.731. The van der Waals surface area contributed by atoms with Crippen molar-refractivity contribution < 1.29 is 0 Å². The van der Waals surface area contributed by atoms with Crippen molar-refractivity contribution in [2.45, 2.75) is 33.6 Å². The minimum Gasteiger partial charge on any atom is -0.369 e. The van der Waals surface area contributed by atoms with E-state index in [-0.39, 0.29) is 0 Å². The van der Waals surface area contributed by atoms with Crippen molar-refractivity contribution >= 4 is 21.7 Å². The molecule has 2 rings (SSSR count). The van der Waals surface area contributed by atoms with Gasteiger partial charge in [-0.05, 0) is 35.7 Å². The Kier molecular flexibility index (Phi) is 4.75. The highest BCUT2D eigenvalue weighted by molar-refractivity contribution is 9.10. The van der Waals surface area contributed by atoms with Crippen molar-refractivity contribution in [3.63, 3.8) is 0 Å². The zero-order valence-electron chi connectivity index (χ0n) is 12.4.